The fraction of sp³-hybridized carbons (Fsp3) is 0.700. The third-order valence-corrected chi connectivity index (χ3v) is 3.39. The SMILES string of the molecule is Cc1cnc(C(C)NCC2OCCO2)s1. The van der Waals surface area contributed by atoms with E-state index in [0.29, 0.717) is 13.2 Å². The van der Waals surface area contributed by atoms with E-state index in [9.17, 15) is 0 Å². The van der Waals surface area contributed by atoms with Crippen LogP contribution in [-0.2, 0) is 9.47 Å². The Bertz CT molecular complexity index is 310. The Morgan fingerprint density at radius 1 is 1.60 bits per heavy atom. The minimum Gasteiger partial charge on any atom is -0.349 e. The highest BCUT2D eigenvalue weighted by atomic mass is 32.1. The molecule has 1 saturated heterocycles. The third kappa shape index (κ3) is 2.98. The van der Waals surface area contributed by atoms with Gasteiger partial charge in [-0.3, -0.25) is 0 Å². The topological polar surface area (TPSA) is 43.4 Å². The van der Waals surface area contributed by atoms with Crippen LogP contribution in [0.3, 0.4) is 0 Å². The zero-order valence-electron chi connectivity index (χ0n) is 9.03. The van der Waals surface area contributed by atoms with Gasteiger partial charge < -0.3 is 14.8 Å². The Kier molecular flexibility index (Phi) is 3.69. The molecular weight excluding hydrogens is 212 g/mol. The molecule has 1 aliphatic rings. The number of rotatable bonds is 4. The molecule has 0 aliphatic carbocycles. The zero-order valence-corrected chi connectivity index (χ0v) is 9.84. The fourth-order valence-electron chi connectivity index (χ4n) is 1.46. The lowest BCUT2D eigenvalue weighted by Gasteiger charge is -2.14. The molecule has 2 rings (SSSR count). The van der Waals surface area contributed by atoms with Crippen molar-refractivity contribution < 1.29 is 9.47 Å². The second kappa shape index (κ2) is 5.03. The molecule has 84 valence electrons. The van der Waals surface area contributed by atoms with E-state index < -0.39 is 0 Å². The summed E-state index contributed by atoms with van der Waals surface area (Å²) in [6.45, 7) is 6.30. The fourth-order valence-corrected chi connectivity index (χ4v) is 2.26. The smallest absolute Gasteiger partial charge is 0.170 e. The average Bonchev–Trinajstić information content (AvgIpc) is 2.84. The zero-order chi connectivity index (χ0) is 10.7. The molecule has 0 bridgehead atoms. The lowest BCUT2D eigenvalue weighted by molar-refractivity contribution is -0.0403. The van der Waals surface area contributed by atoms with Gasteiger partial charge in [0.05, 0.1) is 19.3 Å². The van der Waals surface area contributed by atoms with E-state index in [2.05, 4.69) is 24.1 Å². The van der Waals surface area contributed by atoms with Crippen LogP contribution >= 0.6 is 11.3 Å². The van der Waals surface area contributed by atoms with E-state index in [4.69, 9.17) is 9.47 Å². The molecule has 0 saturated carbocycles. The van der Waals surface area contributed by atoms with E-state index in [-0.39, 0.29) is 12.3 Å². The first-order valence-corrected chi connectivity index (χ1v) is 5.96. The van der Waals surface area contributed by atoms with Crippen molar-refractivity contribution in [1.29, 1.82) is 0 Å². The maximum absolute atomic E-state index is 5.34. The van der Waals surface area contributed by atoms with Crippen LogP contribution in [0.2, 0.25) is 0 Å². The predicted octanol–water partition coefficient (Wildman–Crippen LogP) is 1.48. The molecule has 15 heavy (non-hydrogen) atoms. The second-order valence-electron chi connectivity index (χ2n) is 3.61. The molecule has 1 N–H and O–H groups in total. The Hall–Kier alpha value is -0.490. The Morgan fingerprint density at radius 3 is 2.93 bits per heavy atom. The molecule has 1 fully saturated rings. The number of nitrogens with one attached hydrogen (secondary N) is 1. The number of thiazole rings is 1. The molecule has 1 atom stereocenters. The first kappa shape index (κ1) is 11.0. The molecule has 0 aromatic carbocycles. The van der Waals surface area contributed by atoms with Crippen LogP contribution in [-0.4, -0.2) is 31.0 Å². The van der Waals surface area contributed by atoms with E-state index in [0.717, 1.165) is 11.6 Å². The van der Waals surface area contributed by atoms with Gasteiger partial charge in [0.1, 0.15) is 5.01 Å². The van der Waals surface area contributed by atoms with Gasteiger partial charge in [0.2, 0.25) is 0 Å². The van der Waals surface area contributed by atoms with Crippen molar-refractivity contribution in [3.8, 4) is 0 Å². The minimum atomic E-state index is -0.0893. The quantitative estimate of drug-likeness (QED) is 0.847. The summed E-state index contributed by atoms with van der Waals surface area (Å²) >= 11 is 1.72. The van der Waals surface area contributed by atoms with Crippen LogP contribution in [0, 0.1) is 6.92 Å². The maximum atomic E-state index is 5.34. The molecule has 5 heteroatoms. The van der Waals surface area contributed by atoms with E-state index in [1.807, 2.05) is 6.20 Å². The van der Waals surface area contributed by atoms with E-state index in [1.165, 1.54) is 4.88 Å². The first-order valence-electron chi connectivity index (χ1n) is 5.14. The molecule has 0 radical (unpaired) electrons. The molecule has 2 heterocycles. The predicted molar refractivity (Wildman–Crippen MR) is 59.0 cm³/mol. The number of hydrogen-bond donors (Lipinski definition) is 1. The number of nitrogens with zero attached hydrogens (tertiary/aromatic N) is 1. The Morgan fingerprint density at radius 2 is 2.33 bits per heavy atom. The highest BCUT2D eigenvalue weighted by Crippen LogP contribution is 2.19. The third-order valence-electron chi connectivity index (χ3n) is 2.29. The van der Waals surface area contributed by atoms with Gasteiger partial charge in [0, 0.05) is 17.6 Å². The van der Waals surface area contributed by atoms with E-state index in [1.54, 1.807) is 11.3 Å². The van der Waals surface area contributed by atoms with Crippen LogP contribution in [0.15, 0.2) is 6.20 Å². The van der Waals surface area contributed by atoms with Gasteiger partial charge in [-0.15, -0.1) is 11.3 Å². The molecule has 0 spiro atoms. The lowest BCUT2D eigenvalue weighted by atomic mass is 10.3. The maximum Gasteiger partial charge on any atom is 0.170 e. The molecule has 1 aliphatic heterocycles. The molecule has 1 aromatic rings. The molecular formula is C10H16N2O2S. The number of aryl methyl sites for hydroxylation is 1. The van der Waals surface area contributed by atoms with Crippen molar-refractivity contribution in [3.05, 3.63) is 16.1 Å². The van der Waals surface area contributed by atoms with Gasteiger partial charge in [-0.2, -0.15) is 0 Å². The normalized spacial score (nSPS) is 19.6. The summed E-state index contributed by atoms with van der Waals surface area (Å²) in [5.74, 6) is 0. The van der Waals surface area contributed by atoms with Gasteiger partial charge in [-0.05, 0) is 13.8 Å². The number of hydrogen-bond acceptors (Lipinski definition) is 5. The standard InChI is InChI=1S/C10H16N2O2S/c1-7-5-12-10(15-7)8(2)11-6-9-13-3-4-14-9/h5,8-9,11H,3-4,6H2,1-2H3. The Balaban J connectivity index is 1.79. The second-order valence-corrected chi connectivity index (χ2v) is 4.88. The summed E-state index contributed by atoms with van der Waals surface area (Å²) in [5, 5.41) is 4.47. The van der Waals surface area contributed by atoms with Crippen LogP contribution in [0.5, 0.6) is 0 Å². The van der Waals surface area contributed by atoms with Gasteiger partial charge in [-0.25, -0.2) is 4.98 Å². The number of ether oxygens (including phenoxy) is 2. The van der Waals surface area contributed by atoms with Gasteiger partial charge in [-0.1, -0.05) is 0 Å². The number of aromatic nitrogens is 1. The molecule has 0 amide bonds. The highest BCUT2D eigenvalue weighted by molar-refractivity contribution is 7.11. The van der Waals surface area contributed by atoms with Gasteiger partial charge >= 0.3 is 0 Å². The van der Waals surface area contributed by atoms with E-state index >= 15 is 0 Å². The van der Waals surface area contributed by atoms with Crippen molar-refractivity contribution in [3.63, 3.8) is 0 Å². The first-order chi connectivity index (χ1) is 7.25. The van der Waals surface area contributed by atoms with Gasteiger partial charge in [0.15, 0.2) is 6.29 Å². The summed E-state index contributed by atoms with van der Waals surface area (Å²) in [6, 6.07) is 0.261. The minimum absolute atomic E-state index is 0.0893. The molecule has 1 aromatic heterocycles. The monoisotopic (exact) mass is 228 g/mol. The van der Waals surface area contributed by atoms with Gasteiger partial charge in [0.25, 0.3) is 0 Å². The molecule has 4 nitrogen and oxygen atoms in total. The van der Waals surface area contributed by atoms with Crippen LogP contribution in [0.4, 0.5) is 0 Å². The average molecular weight is 228 g/mol. The van der Waals surface area contributed by atoms with Crippen molar-refractivity contribution in [1.82, 2.24) is 10.3 Å². The molecule has 1 unspecified atom stereocenters. The summed E-state index contributed by atoms with van der Waals surface area (Å²) < 4.78 is 10.7. The summed E-state index contributed by atoms with van der Waals surface area (Å²) in [5.41, 5.74) is 0. The van der Waals surface area contributed by atoms with Crippen LogP contribution in [0.1, 0.15) is 22.9 Å². The van der Waals surface area contributed by atoms with Crippen molar-refractivity contribution in [2.45, 2.75) is 26.2 Å². The van der Waals surface area contributed by atoms with Crippen LogP contribution in [0.25, 0.3) is 0 Å². The summed E-state index contributed by atoms with van der Waals surface area (Å²) in [4.78, 5) is 5.58. The van der Waals surface area contributed by atoms with Crippen molar-refractivity contribution in [2.75, 3.05) is 19.8 Å². The summed E-state index contributed by atoms with van der Waals surface area (Å²) in [7, 11) is 0. The lowest BCUT2D eigenvalue weighted by Crippen LogP contribution is -2.29. The highest BCUT2D eigenvalue weighted by Gasteiger charge is 2.17. The summed E-state index contributed by atoms with van der Waals surface area (Å²) in [6.07, 6.45) is 1.81. The largest absolute Gasteiger partial charge is 0.349 e. The van der Waals surface area contributed by atoms with Crippen molar-refractivity contribution in [2.24, 2.45) is 0 Å². The van der Waals surface area contributed by atoms with Crippen LogP contribution < -0.4 is 5.32 Å². The van der Waals surface area contributed by atoms with Crippen molar-refractivity contribution >= 4 is 11.3 Å². The Labute approximate surface area is 93.6 Å².